The van der Waals surface area contributed by atoms with Gasteiger partial charge in [0.25, 0.3) is 11.8 Å². The van der Waals surface area contributed by atoms with Crippen molar-refractivity contribution in [1.82, 2.24) is 15.2 Å². The highest BCUT2D eigenvalue weighted by Gasteiger charge is 2.28. The molecule has 0 fully saturated rings. The molecular formula is C28H33N3O5S. The molecule has 0 saturated carbocycles. The Bertz CT molecular complexity index is 1380. The van der Waals surface area contributed by atoms with Gasteiger partial charge in [0, 0.05) is 12.8 Å². The number of sulfone groups is 1. The fourth-order valence-corrected chi connectivity index (χ4v) is 5.34. The van der Waals surface area contributed by atoms with Crippen molar-refractivity contribution in [3.63, 3.8) is 0 Å². The van der Waals surface area contributed by atoms with Gasteiger partial charge in [-0.2, -0.15) is 0 Å². The molecule has 1 aliphatic rings. The van der Waals surface area contributed by atoms with E-state index in [1.54, 1.807) is 30.3 Å². The summed E-state index contributed by atoms with van der Waals surface area (Å²) >= 11 is 0. The largest absolute Gasteiger partial charge is 0.373 e. The van der Waals surface area contributed by atoms with Crippen molar-refractivity contribution >= 4 is 21.7 Å². The number of nitrogens with one attached hydrogen (secondary N) is 2. The van der Waals surface area contributed by atoms with Gasteiger partial charge >= 0.3 is 0 Å². The van der Waals surface area contributed by atoms with Gasteiger partial charge in [0.05, 0.1) is 41.5 Å². The van der Waals surface area contributed by atoms with Crippen LogP contribution in [0.5, 0.6) is 0 Å². The lowest BCUT2D eigenvalue weighted by molar-refractivity contribution is 0.0773. The number of ether oxygens (including phenoxy) is 1. The molecule has 8 nitrogen and oxygen atoms in total. The van der Waals surface area contributed by atoms with Crippen molar-refractivity contribution in [1.29, 1.82) is 0 Å². The first-order chi connectivity index (χ1) is 17.7. The monoisotopic (exact) mass is 523 g/mol. The van der Waals surface area contributed by atoms with E-state index < -0.39 is 9.84 Å². The van der Waals surface area contributed by atoms with E-state index in [9.17, 15) is 18.0 Å². The zero-order valence-corrected chi connectivity index (χ0v) is 22.2. The lowest BCUT2D eigenvalue weighted by Gasteiger charge is -2.22. The van der Waals surface area contributed by atoms with E-state index in [0.717, 1.165) is 18.2 Å². The van der Waals surface area contributed by atoms with Crippen molar-refractivity contribution < 1.29 is 22.7 Å². The van der Waals surface area contributed by atoms with Crippen LogP contribution in [0.4, 0.5) is 0 Å². The second-order valence-corrected chi connectivity index (χ2v) is 11.2. The Morgan fingerprint density at radius 1 is 0.919 bits per heavy atom. The summed E-state index contributed by atoms with van der Waals surface area (Å²) in [7, 11) is -3.37. The number of rotatable bonds is 9. The average Bonchev–Trinajstić information content (AvgIpc) is 3.30. The lowest BCUT2D eigenvalue weighted by Crippen LogP contribution is -2.31. The van der Waals surface area contributed by atoms with Gasteiger partial charge in [-0.25, -0.2) is 8.42 Å². The summed E-state index contributed by atoms with van der Waals surface area (Å²) in [5.74, 6) is -0.578. The van der Waals surface area contributed by atoms with E-state index in [2.05, 4.69) is 10.6 Å². The van der Waals surface area contributed by atoms with Crippen molar-refractivity contribution in [3.8, 4) is 0 Å². The summed E-state index contributed by atoms with van der Waals surface area (Å²) in [5.41, 5.74) is 3.20. The number of nitrogens with zero attached hydrogens (tertiary/aromatic N) is 1. The fraction of sp³-hybridized carbons (Fsp3) is 0.357. The minimum absolute atomic E-state index is 0.155. The van der Waals surface area contributed by atoms with E-state index in [1.807, 2.05) is 48.7 Å². The second kappa shape index (κ2) is 11.3. The first kappa shape index (κ1) is 26.6. The van der Waals surface area contributed by atoms with Crippen molar-refractivity contribution in [2.45, 2.75) is 56.8 Å². The van der Waals surface area contributed by atoms with Gasteiger partial charge in [0.15, 0.2) is 9.84 Å². The van der Waals surface area contributed by atoms with Gasteiger partial charge in [-0.3, -0.25) is 9.59 Å². The average molecular weight is 524 g/mol. The van der Waals surface area contributed by atoms with Crippen LogP contribution >= 0.6 is 0 Å². The summed E-state index contributed by atoms with van der Waals surface area (Å²) < 4.78 is 31.5. The summed E-state index contributed by atoms with van der Waals surface area (Å²) in [4.78, 5) is 27.0. The molecular weight excluding hydrogens is 490 g/mol. The molecule has 2 N–H and O–H groups in total. The van der Waals surface area contributed by atoms with Crippen LogP contribution in [0, 0.1) is 0 Å². The summed E-state index contributed by atoms with van der Waals surface area (Å²) in [5, 5.41) is 6.13. The summed E-state index contributed by atoms with van der Waals surface area (Å²) in [6, 6.07) is 17.5. The minimum atomic E-state index is -3.37. The van der Waals surface area contributed by atoms with Crippen LogP contribution in [0.25, 0.3) is 0 Å². The third kappa shape index (κ3) is 5.94. The highest BCUT2D eigenvalue weighted by atomic mass is 32.2. The van der Waals surface area contributed by atoms with E-state index >= 15 is 0 Å². The van der Waals surface area contributed by atoms with Crippen LogP contribution in [0.3, 0.4) is 0 Å². The molecule has 4 rings (SSSR count). The smallest absolute Gasteiger partial charge is 0.268 e. The highest BCUT2D eigenvalue weighted by Crippen LogP contribution is 2.25. The van der Waals surface area contributed by atoms with Gasteiger partial charge in [0.1, 0.15) is 5.69 Å². The molecule has 0 spiro atoms. The predicted molar refractivity (Wildman–Crippen MR) is 141 cm³/mol. The Balaban J connectivity index is 1.60. The Hall–Kier alpha value is -3.43. The SMILES string of the molecule is CCC(NC(=O)c1cc(C(=O)NC(CC)c2cccc(S(C)(=O)=O)c2)n2c1COCC2)c1ccccc1. The number of amides is 2. The molecule has 1 aliphatic heterocycles. The molecule has 0 bridgehead atoms. The van der Waals surface area contributed by atoms with E-state index in [4.69, 9.17) is 4.74 Å². The fourth-order valence-electron chi connectivity index (χ4n) is 4.67. The maximum absolute atomic E-state index is 13.5. The molecule has 2 heterocycles. The zero-order chi connectivity index (χ0) is 26.6. The maximum atomic E-state index is 13.5. The topological polar surface area (TPSA) is 107 Å². The molecule has 0 radical (unpaired) electrons. The zero-order valence-electron chi connectivity index (χ0n) is 21.4. The van der Waals surface area contributed by atoms with E-state index in [-0.39, 0.29) is 35.4 Å². The minimum Gasteiger partial charge on any atom is -0.373 e. The quantitative estimate of drug-likeness (QED) is 0.438. The molecule has 0 saturated heterocycles. The van der Waals surface area contributed by atoms with Crippen molar-refractivity contribution in [2.75, 3.05) is 12.9 Å². The van der Waals surface area contributed by atoms with Crippen LogP contribution < -0.4 is 10.6 Å². The third-order valence-corrected chi connectivity index (χ3v) is 7.81. The first-order valence-corrected chi connectivity index (χ1v) is 14.4. The van der Waals surface area contributed by atoms with Gasteiger partial charge < -0.3 is 19.9 Å². The highest BCUT2D eigenvalue weighted by molar-refractivity contribution is 7.90. The van der Waals surface area contributed by atoms with E-state index in [1.165, 1.54) is 0 Å². The van der Waals surface area contributed by atoms with Crippen LogP contribution in [-0.2, 0) is 27.7 Å². The third-order valence-electron chi connectivity index (χ3n) is 6.70. The molecule has 1 aromatic heterocycles. The van der Waals surface area contributed by atoms with Gasteiger partial charge in [-0.15, -0.1) is 0 Å². The number of benzene rings is 2. The van der Waals surface area contributed by atoms with Crippen LogP contribution in [0.1, 0.15) is 76.4 Å². The van der Waals surface area contributed by atoms with Crippen LogP contribution in [0.15, 0.2) is 65.6 Å². The second-order valence-electron chi connectivity index (χ2n) is 9.22. The first-order valence-electron chi connectivity index (χ1n) is 12.5. The number of fused-ring (bicyclic) bond motifs is 1. The normalized spacial score (nSPS) is 14.9. The molecule has 196 valence electrons. The molecule has 2 atom stereocenters. The molecule has 0 aliphatic carbocycles. The molecule has 2 amide bonds. The Kier molecular flexibility index (Phi) is 8.14. The standard InChI is InChI=1S/C28H33N3O5S/c1-4-23(19-10-7-6-8-11-19)29-27(32)22-17-25(31-14-15-36-18-26(22)31)28(33)30-24(5-2)20-12-9-13-21(16-20)37(3,34)35/h6-13,16-17,23-24H,4-5,14-15,18H2,1-3H3,(H,29,32)(H,30,33). The number of hydrogen-bond donors (Lipinski definition) is 2. The van der Waals surface area contributed by atoms with Gasteiger partial charge in [-0.05, 0) is 42.2 Å². The van der Waals surface area contributed by atoms with Crippen LogP contribution in [-0.4, -0.2) is 37.7 Å². The predicted octanol–water partition coefficient (Wildman–Crippen LogP) is 4.18. The maximum Gasteiger partial charge on any atom is 0.268 e. The number of carbonyl (C=O) groups is 2. The molecule has 2 aromatic carbocycles. The summed E-state index contributed by atoms with van der Waals surface area (Å²) in [6.07, 6.45) is 2.45. The number of hydrogen-bond acceptors (Lipinski definition) is 5. The molecule has 2 unspecified atom stereocenters. The Labute approximate surface area is 217 Å². The van der Waals surface area contributed by atoms with Crippen molar-refractivity contribution in [3.05, 3.63) is 88.7 Å². The lowest BCUT2D eigenvalue weighted by atomic mass is 10.0. The molecule has 9 heteroatoms. The van der Waals surface area contributed by atoms with Gasteiger partial charge in [-0.1, -0.05) is 56.3 Å². The Morgan fingerprint density at radius 3 is 2.24 bits per heavy atom. The van der Waals surface area contributed by atoms with E-state index in [0.29, 0.717) is 42.1 Å². The summed E-state index contributed by atoms with van der Waals surface area (Å²) in [6.45, 7) is 5.08. The van der Waals surface area contributed by atoms with Crippen LogP contribution in [0.2, 0.25) is 0 Å². The molecule has 37 heavy (non-hydrogen) atoms. The van der Waals surface area contributed by atoms with Gasteiger partial charge in [0.2, 0.25) is 0 Å². The van der Waals surface area contributed by atoms with Crippen molar-refractivity contribution in [2.24, 2.45) is 0 Å². The number of aromatic nitrogens is 1. The Morgan fingerprint density at radius 2 is 1.57 bits per heavy atom. The molecule has 3 aromatic rings. The number of carbonyl (C=O) groups excluding carboxylic acids is 2.